The number of fused-ring (bicyclic) bond motifs is 1. The molecule has 6 nitrogen and oxygen atoms in total. The maximum atomic E-state index is 13.6. The Kier molecular flexibility index (Phi) is 7.33. The zero-order valence-electron chi connectivity index (χ0n) is 20.5. The topological polar surface area (TPSA) is 69.9 Å². The van der Waals surface area contributed by atoms with Crippen molar-refractivity contribution in [2.45, 2.75) is 39.1 Å². The number of carbonyl (C=O) groups is 1. The minimum Gasteiger partial charge on any atom is -0.497 e. The number of benzene rings is 3. The molecule has 1 atom stereocenters. The second-order valence-corrected chi connectivity index (χ2v) is 8.51. The lowest BCUT2D eigenvalue weighted by Crippen LogP contribution is -2.25. The Morgan fingerprint density at radius 2 is 1.70 bits per heavy atom. The fourth-order valence-electron chi connectivity index (χ4n) is 4.09. The Balaban J connectivity index is 1.76. The summed E-state index contributed by atoms with van der Waals surface area (Å²) in [5.41, 5.74) is 0.956. The van der Waals surface area contributed by atoms with Crippen LogP contribution in [0.2, 0.25) is 0 Å². The second-order valence-electron chi connectivity index (χ2n) is 8.51. The van der Waals surface area contributed by atoms with Crippen molar-refractivity contribution in [3.63, 3.8) is 0 Å². The molecular formula is C28H26F3NO5. The summed E-state index contributed by atoms with van der Waals surface area (Å²) in [4.78, 5) is 11.4. The fourth-order valence-corrected chi connectivity index (χ4v) is 4.09. The largest absolute Gasteiger partial charge is 0.497 e. The van der Waals surface area contributed by atoms with Crippen LogP contribution in [0.3, 0.4) is 0 Å². The van der Waals surface area contributed by atoms with Crippen molar-refractivity contribution in [2.24, 2.45) is 0 Å². The lowest BCUT2D eigenvalue weighted by atomic mass is 10.1. The van der Waals surface area contributed by atoms with Crippen LogP contribution in [0.5, 0.6) is 23.0 Å². The number of alkyl halides is 3. The molecule has 0 saturated carbocycles. The van der Waals surface area contributed by atoms with E-state index in [9.17, 15) is 23.1 Å². The molecule has 4 rings (SSSR count). The van der Waals surface area contributed by atoms with Crippen LogP contribution in [0, 0.1) is 6.92 Å². The first kappa shape index (κ1) is 25.9. The van der Waals surface area contributed by atoms with E-state index in [0.29, 0.717) is 39.6 Å². The molecule has 37 heavy (non-hydrogen) atoms. The first-order valence-electron chi connectivity index (χ1n) is 11.6. The van der Waals surface area contributed by atoms with Gasteiger partial charge in [0.15, 0.2) is 11.9 Å². The monoisotopic (exact) mass is 513 g/mol. The summed E-state index contributed by atoms with van der Waals surface area (Å²) in [5.74, 6) is 0.902. The van der Waals surface area contributed by atoms with Crippen LogP contribution in [0.25, 0.3) is 10.9 Å². The molecule has 0 bridgehead atoms. The number of ether oxygens (including phenoxy) is 3. The Morgan fingerprint density at radius 3 is 2.32 bits per heavy atom. The van der Waals surface area contributed by atoms with Crippen LogP contribution < -0.4 is 14.2 Å². The standard InChI is InChI=1S/C28H26F3NO5/c1-4-25(27(33)34)36-22-7-5-6-18(14-22)16-32-17(2)26(37-21-11-9-20(35-3)10-12-21)23-13-8-19(15-24(23)32)28(29,30)31/h5-15,25H,4,16H2,1-3H3,(H,33,34). The molecule has 1 N–H and O–H groups in total. The summed E-state index contributed by atoms with van der Waals surface area (Å²) in [5, 5.41) is 9.83. The predicted octanol–water partition coefficient (Wildman–Crippen LogP) is 7.06. The lowest BCUT2D eigenvalue weighted by Gasteiger charge is -2.15. The first-order valence-corrected chi connectivity index (χ1v) is 11.6. The number of hydrogen-bond donors (Lipinski definition) is 1. The van der Waals surface area contributed by atoms with Gasteiger partial charge >= 0.3 is 12.1 Å². The van der Waals surface area contributed by atoms with Gasteiger partial charge in [-0.15, -0.1) is 0 Å². The van der Waals surface area contributed by atoms with Crippen molar-refractivity contribution in [2.75, 3.05) is 7.11 Å². The van der Waals surface area contributed by atoms with Crippen LogP contribution in [-0.2, 0) is 17.5 Å². The van der Waals surface area contributed by atoms with E-state index < -0.39 is 23.8 Å². The van der Waals surface area contributed by atoms with Crippen molar-refractivity contribution < 1.29 is 37.3 Å². The molecule has 1 aromatic heterocycles. The van der Waals surface area contributed by atoms with Gasteiger partial charge in [-0.1, -0.05) is 19.1 Å². The van der Waals surface area contributed by atoms with Gasteiger partial charge in [0.1, 0.15) is 17.2 Å². The number of nitrogens with zero attached hydrogens (tertiary/aromatic N) is 1. The summed E-state index contributed by atoms with van der Waals surface area (Å²) in [6.45, 7) is 3.71. The average Bonchev–Trinajstić information content (AvgIpc) is 3.12. The van der Waals surface area contributed by atoms with E-state index in [4.69, 9.17) is 14.2 Å². The number of carboxylic acids is 1. The Morgan fingerprint density at radius 1 is 1.00 bits per heavy atom. The molecule has 1 unspecified atom stereocenters. The van der Waals surface area contributed by atoms with Gasteiger partial charge in [0.05, 0.1) is 23.9 Å². The molecule has 3 aromatic carbocycles. The lowest BCUT2D eigenvalue weighted by molar-refractivity contribution is -0.145. The molecule has 0 aliphatic heterocycles. The summed E-state index contributed by atoms with van der Waals surface area (Å²) < 4.78 is 59.3. The number of aromatic nitrogens is 1. The van der Waals surface area contributed by atoms with E-state index >= 15 is 0 Å². The zero-order valence-corrected chi connectivity index (χ0v) is 20.5. The highest BCUT2D eigenvalue weighted by atomic mass is 19.4. The maximum absolute atomic E-state index is 13.6. The Bertz CT molecular complexity index is 1410. The molecule has 0 aliphatic rings. The molecule has 0 aliphatic carbocycles. The zero-order chi connectivity index (χ0) is 26.7. The van der Waals surface area contributed by atoms with Crippen LogP contribution in [0.1, 0.15) is 30.2 Å². The molecule has 0 spiro atoms. The minimum absolute atomic E-state index is 0.219. The number of halogens is 3. The van der Waals surface area contributed by atoms with Gasteiger partial charge in [-0.25, -0.2) is 4.79 Å². The van der Waals surface area contributed by atoms with E-state index in [1.54, 1.807) is 74.1 Å². The van der Waals surface area contributed by atoms with Crippen LogP contribution >= 0.6 is 0 Å². The molecule has 0 radical (unpaired) electrons. The molecular weight excluding hydrogens is 487 g/mol. The van der Waals surface area contributed by atoms with Gasteiger partial charge in [0.2, 0.25) is 0 Å². The van der Waals surface area contributed by atoms with E-state index in [0.717, 1.165) is 17.7 Å². The van der Waals surface area contributed by atoms with Crippen LogP contribution in [-0.4, -0.2) is 28.9 Å². The summed E-state index contributed by atoms with van der Waals surface area (Å²) >= 11 is 0. The molecule has 1 heterocycles. The van der Waals surface area contributed by atoms with Crippen molar-refractivity contribution in [3.8, 4) is 23.0 Å². The molecule has 194 valence electrons. The third-order valence-corrected chi connectivity index (χ3v) is 6.04. The van der Waals surface area contributed by atoms with Crippen molar-refractivity contribution in [3.05, 3.63) is 83.6 Å². The van der Waals surface area contributed by atoms with Crippen molar-refractivity contribution >= 4 is 16.9 Å². The number of aliphatic carboxylic acids is 1. The van der Waals surface area contributed by atoms with Crippen LogP contribution in [0.4, 0.5) is 13.2 Å². The molecule has 0 saturated heterocycles. The van der Waals surface area contributed by atoms with E-state index in [1.807, 2.05) is 0 Å². The summed E-state index contributed by atoms with van der Waals surface area (Å²) in [7, 11) is 1.55. The van der Waals surface area contributed by atoms with E-state index in [-0.39, 0.29) is 13.0 Å². The highest BCUT2D eigenvalue weighted by molar-refractivity contribution is 5.89. The quantitative estimate of drug-likeness (QED) is 0.260. The third-order valence-electron chi connectivity index (χ3n) is 6.04. The highest BCUT2D eigenvalue weighted by Crippen LogP contribution is 2.40. The maximum Gasteiger partial charge on any atom is 0.416 e. The number of methoxy groups -OCH3 is 1. The van der Waals surface area contributed by atoms with Gasteiger partial charge in [-0.05, 0) is 73.5 Å². The number of carboxylic acid groups (broad SMARTS) is 1. The van der Waals surface area contributed by atoms with Crippen LogP contribution in [0.15, 0.2) is 66.7 Å². The molecule has 4 aromatic rings. The summed E-state index contributed by atoms with van der Waals surface area (Å²) in [6.07, 6.45) is -5.22. The Labute approximate surface area is 211 Å². The first-order chi connectivity index (χ1) is 17.6. The number of hydrogen-bond acceptors (Lipinski definition) is 4. The van der Waals surface area contributed by atoms with Gasteiger partial charge < -0.3 is 23.9 Å². The minimum atomic E-state index is -4.51. The van der Waals surface area contributed by atoms with Gasteiger partial charge in [0, 0.05) is 11.9 Å². The predicted molar refractivity (Wildman–Crippen MR) is 133 cm³/mol. The molecule has 0 fully saturated rings. The second kappa shape index (κ2) is 10.5. The van der Waals surface area contributed by atoms with Gasteiger partial charge in [-0.3, -0.25) is 0 Å². The molecule has 0 amide bonds. The number of rotatable bonds is 9. The SMILES string of the molecule is CCC(Oc1cccc(Cn2c(C)c(Oc3ccc(OC)cc3)c3ccc(C(F)(F)F)cc32)c1)C(=O)O. The van der Waals surface area contributed by atoms with E-state index in [2.05, 4.69) is 0 Å². The smallest absolute Gasteiger partial charge is 0.416 e. The summed E-state index contributed by atoms with van der Waals surface area (Å²) in [6, 6.07) is 17.3. The fraction of sp³-hybridized carbons (Fsp3) is 0.250. The van der Waals surface area contributed by atoms with Crippen molar-refractivity contribution in [1.29, 1.82) is 0 Å². The van der Waals surface area contributed by atoms with Gasteiger partial charge in [0.25, 0.3) is 0 Å². The average molecular weight is 514 g/mol. The van der Waals surface area contributed by atoms with Gasteiger partial charge in [-0.2, -0.15) is 13.2 Å². The highest BCUT2D eigenvalue weighted by Gasteiger charge is 2.31. The Hall–Kier alpha value is -4.14. The van der Waals surface area contributed by atoms with E-state index in [1.165, 1.54) is 6.07 Å². The third kappa shape index (κ3) is 5.66. The van der Waals surface area contributed by atoms with Crippen molar-refractivity contribution in [1.82, 2.24) is 4.57 Å². The normalized spacial score (nSPS) is 12.4. The molecule has 9 heteroatoms.